The molecular formula is C11H20NO. The van der Waals surface area contributed by atoms with E-state index >= 15 is 0 Å². The molecule has 1 radical (unpaired) electrons. The smallest absolute Gasteiger partial charge is 0.238 e. The Bertz CT molecular complexity index is 148. The van der Waals surface area contributed by atoms with Gasteiger partial charge in [-0.05, 0) is 12.3 Å². The Morgan fingerprint density at radius 1 is 1.23 bits per heavy atom. The molecule has 0 N–H and O–H groups in total. The highest BCUT2D eigenvalue weighted by molar-refractivity contribution is 5.72. The molecule has 0 aromatic rings. The van der Waals surface area contributed by atoms with Gasteiger partial charge in [-0.1, -0.05) is 38.5 Å². The Morgan fingerprint density at radius 3 is 2.38 bits per heavy atom. The van der Waals surface area contributed by atoms with Crippen molar-refractivity contribution in [2.45, 2.75) is 51.9 Å². The van der Waals surface area contributed by atoms with Crippen LogP contribution in [-0.2, 0) is 4.79 Å². The number of carbonyl (C=O) groups excluding carboxylic acids is 1. The first kappa shape index (κ1) is 10.6. The minimum absolute atomic E-state index is 0.0198. The van der Waals surface area contributed by atoms with E-state index in [1.54, 1.807) is 0 Å². The lowest BCUT2D eigenvalue weighted by Gasteiger charge is -2.12. The Balaban J connectivity index is 2.08. The Kier molecular flexibility index (Phi) is 4.87. The molecule has 75 valence electrons. The summed E-state index contributed by atoms with van der Waals surface area (Å²) in [4.78, 5) is 10.6. The second-order valence-electron chi connectivity index (χ2n) is 4.05. The number of hydrogen-bond acceptors (Lipinski definition) is 1. The van der Waals surface area contributed by atoms with Crippen molar-refractivity contribution in [2.75, 3.05) is 6.54 Å². The van der Waals surface area contributed by atoms with Crippen molar-refractivity contribution in [3.8, 4) is 0 Å². The van der Waals surface area contributed by atoms with Crippen LogP contribution in [0.15, 0.2) is 0 Å². The third kappa shape index (κ3) is 4.91. The molecule has 0 bridgehead atoms. The summed E-state index contributed by atoms with van der Waals surface area (Å²) in [6.45, 7) is 2.28. The van der Waals surface area contributed by atoms with Crippen LogP contribution in [0, 0.1) is 5.92 Å². The Morgan fingerprint density at radius 2 is 1.85 bits per heavy atom. The number of amides is 1. The molecule has 13 heavy (non-hydrogen) atoms. The van der Waals surface area contributed by atoms with E-state index in [0.717, 1.165) is 18.9 Å². The van der Waals surface area contributed by atoms with Crippen molar-refractivity contribution < 1.29 is 4.79 Å². The zero-order chi connectivity index (χ0) is 9.52. The predicted octanol–water partition coefficient (Wildman–Crippen LogP) is 2.50. The van der Waals surface area contributed by atoms with Gasteiger partial charge in [0.1, 0.15) is 0 Å². The van der Waals surface area contributed by atoms with Gasteiger partial charge in [0.2, 0.25) is 5.91 Å². The van der Waals surface area contributed by atoms with Crippen LogP contribution in [0.3, 0.4) is 0 Å². The maximum Gasteiger partial charge on any atom is 0.238 e. The van der Waals surface area contributed by atoms with E-state index in [1.165, 1.54) is 45.4 Å². The molecule has 1 saturated carbocycles. The summed E-state index contributed by atoms with van der Waals surface area (Å²) >= 11 is 0. The maximum absolute atomic E-state index is 10.6. The number of rotatable bonds is 3. The van der Waals surface area contributed by atoms with E-state index in [9.17, 15) is 4.79 Å². The SMILES string of the molecule is CC(=O)[N]CCC1CCCCCC1. The maximum atomic E-state index is 10.6. The minimum Gasteiger partial charge on any atom is -0.273 e. The first-order valence-electron chi connectivity index (χ1n) is 5.47. The van der Waals surface area contributed by atoms with Crippen molar-refractivity contribution in [2.24, 2.45) is 5.92 Å². The van der Waals surface area contributed by atoms with Gasteiger partial charge < -0.3 is 0 Å². The zero-order valence-electron chi connectivity index (χ0n) is 8.59. The average Bonchev–Trinajstić information content (AvgIpc) is 2.32. The van der Waals surface area contributed by atoms with Gasteiger partial charge in [0.25, 0.3) is 0 Å². The lowest BCUT2D eigenvalue weighted by atomic mass is 9.97. The van der Waals surface area contributed by atoms with Gasteiger partial charge in [-0.25, -0.2) is 0 Å². The van der Waals surface area contributed by atoms with E-state index in [-0.39, 0.29) is 5.91 Å². The minimum atomic E-state index is -0.0198. The molecule has 1 aliphatic rings. The molecule has 0 saturated heterocycles. The van der Waals surface area contributed by atoms with Gasteiger partial charge in [0.15, 0.2) is 0 Å². The lowest BCUT2D eigenvalue weighted by Crippen LogP contribution is -2.15. The van der Waals surface area contributed by atoms with Crippen LogP contribution in [0.5, 0.6) is 0 Å². The lowest BCUT2D eigenvalue weighted by molar-refractivity contribution is -0.119. The summed E-state index contributed by atoms with van der Waals surface area (Å²) in [5.41, 5.74) is 0. The van der Waals surface area contributed by atoms with Crippen LogP contribution in [0.25, 0.3) is 0 Å². The van der Waals surface area contributed by atoms with E-state index in [2.05, 4.69) is 5.32 Å². The molecule has 0 aromatic heterocycles. The van der Waals surface area contributed by atoms with Gasteiger partial charge in [0, 0.05) is 13.5 Å². The van der Waals surface area contributed by atoms with Crippen LogP contribution in [-0.4, -0.2) is 12.5 Å². The highest BCUT2D eigenvalue weighted by Gasteiger charge is 2.11. The third-order valence-corrected chi connectivity index (χ3v) is 2.85. The molecule has 2 heteroatoms. The Hall–Kier alpha value is -0.530. The summed E-state index contributed by atoms with van der Waals surface area (Å²) in [7, 11) is 0. The van der Waals surface area contributed by atoms with Crippen molar-refractivity contribution >= 4 is 5.91 Å². The van der Waals surface area contributed by atoms with Crippen LogP contribution in [0.4, 0.5) is 0 Å². The molecule has 1 aliphatic carbocycles. The fourth-order valence-electron chi connectivity index (χ4n) is 2.06. The molecule has 0 heterocycles. The van der Waals surface area contributed by atoms with Gasteiger partial charge >= 0.3 is 0 Å². The van der Waals surface area contributed by atoms with Crippen LogP contribution < -0.4 is 5.32 Å². The number of hydrogen-bond donors (Lipinski definition) is 0. The summed E-state index contributed by atoms with van der Waals surface area (Å²) in [5, 5.41) is 3.91. The number of nitrogens with zero attached hydrogens (tertiary/aromatic N) is 1. The molecule has 0 atom stereocenters. The molecule has 1 amide bonds. The van der Waals surface area contributed by atoms with Crippen molar-refractivity contribution in [3.05, 3.63) is 0 Å². The first-order valence-corrected chi connectivity index (χ1v) is 5.47. The van der Waals surface area contributed by atoms with Crippen molar-refractivity contribution in [3.63, 3.8) is 0 Å². The highest BCUT2D eigenvalue weighted by atomic mass is 16.1. The second-order valence-corrected chi connectivity index (χ2v) is 4.05. The molecule has 0 spiro atoms. The monoisotopic (exact) mass is 182 g/mol. The molecule has 0 aromatic carbocycles. The first-order chi connectivity index (χ1) is 6.29. The van der Waals surface area contributed by atoms with Crippen LogP contribution in [0.1, 0.15) is 51.9 Å². The second kappa shape index (κ2) is 6.01. The van der Waals surface area contributed by atoms with Crippen LogP contribution in [0.2, 0.25) is 0 Å². The Labute approximate surface area is 81.1 Å². The standard InChI is InChI=1S/C11H20NO/c1-10(13)12-9-8-11-6-4-2-3-5-7-11/h11H,2-9H2,1H3. The van der Waals surface area contributed by atoms with E-state index in [1.807, 2.05) is 0 Å². The molecule has 1 rings (SSSR count). The average molecular weight is 182 g/mol. The topological polar surface area (TPSA) is 31.2 Å². The van der Waals surface area contributed by atoms with E-state index in [4.69, 9.17) is 0 Å². The summed E-state index contributed by atoms with van der Waals surface area (Å²) < 4.78 is 0. The van der Waals surface area contributed by atoms with Crippen molar-refractivity contribution in [1.29, 1.82) is 0 Å². The van der Waals surface area contributed by atoms with Gasteiger partial charge in [0.05, 0.1) is 0 Å². The molecule has 0 aliphatic heterocycles. The third-order valence-electron chi connectivity index (χ3n) is 2.85. The van der Waals surface area contributed by atoms with Gasteiger partial charge in [-0.15, -0.1) is 0 Å². The van der Waals surface area contributed by atoms with Crippen molar-refractivity contribution in [1.82, 2.24) is 5.32 Å². The van der Waals surface area contributed by atoms with Gasteiger partial charge in [-0.2, -0.15) is 0 Å². The normalized spacial score (nSPS) is 19.5. The molecule has 2 nitrogen and oxygen atoms in total. The summed E-state index contributed by atoms with van der Waals surface area (Å²) in [6.07, 6.45) is 9.40. The van der Waals surface area contributed by atoms with Gasteiger partial charge in [-0.3, -0.25) is 10.1 Å². The van der Waals surface area contributed by atoms with E-state index in [0.29, 0.717) is 0 Å². The quantitative estimate of drug-likeness (QED) is 0.617. The molecule has 1 fully saturated rings. The largest absolute Gasteiger partial charge is 0.273 e. The highest BCUT2D eigenvalue weighted by Crippen LogP contribution is 2.24. The predicted molar refractivity (Wildman–Crippen MR) is 53.5 cm³/mol. The number of carbonyl (C=O) groups is 1. The summed E-state index contributed by atoms with van der Waals surface area (Å²) in [5.74, 6) is 0.819. The fraction of sp³-hybridized carbons (Fsp3) is 0.909. The van der Waals surface area contributed by atoms with E-state index < -0.39 is 0 Å². The molecule has 0 unspecified atom stereocenters. The summed E-state index contributed by atoms with van der Waals surface area (Å²) in [6, 6.07) is 0. The molecular weight excluding hydrogens is 162 g/mol. The van der Waals surface area contributed by atoms with Crippen LogP contribution >= 0.6 is 0 Å². The fourth-order valence-corrected chi connectivity index (χ4v) is 2.06. The zero-order valence-corrected chi connectivity index (χ0v) is 8.59.